The van der Waals surface area contributed by atoms with Crippen molar-refractivity contribution in [3.8, 4) is 5.75 Å². The lowest BCUT2D eigenvalue weighted by Crippen LogP contribution is -2.35. The topological polar surface area (TPSA) is 49.8 Å². The second kappa shape index (κ2) is 7.79. The van der Waals surface area contributed by atoms with Crippen LogP contribution < -0.4 is 4.74 Å². The highest BCUT2D eigenvalue weighted by molar-refractivity contribution is 5.78. The maximum absolute atomic E-state index is 12.0. The van der Waals surface area contributed by atoms with Crippen molar-refractivity contribution < 1.29 is 14.6 Å². The molecule has 0 saturated carbocycles. The Hall–Kier alpha value is -1.55. The smallest absolute Gasteiger partial charge is 0.227 e. The van der Waals surface area contributed by atoms with Crippen LogP contribution in [0, 0.1) is 5.92 Å². The van der Waals surface area contributed by atoms with Gasteiger partial charge in [0.15, 0.2) is 0 Å². The van der Waals surface area contributed by atoms with Crippen LogP contribution >= 0.6 is 0 Å². The number of amides is 1. The fourth-order valence-corrected chi connectivity index (χ4v) is 1.93. The zero-order valence-electron chi connectivity index (χ0n) is 11.9. The lowest BCUT2D eigenvalue weighted by molar-refractivity contribution is -0.135. The van der Waals surface area contributed by atoms with E-state index in [4.69, 9.17) is 9.84 Å². The number of hydrogen-bond donors (Lipinski definition) is 1. The first-order chi connectivity index (χ1) is 9.12. The number of aliphatic hydroxyl groups is 1. The van der Waals surface area contributed by atoms with E-state index in [1.54, 1.807) is 19.1 Å². The Morgan fingerprint density at radius 2 is 2.21 bits per heavy atom. The highest BCUT2D eigenvalue weighted by atomic mass is 16.5. The van der Waals surface area contributed by atoms with Crippen LogP contribution in [0.1, 0.15) is 18.9 Å². The Morgan fingerprint density at radius 1 is 1.47 bits per heavy atom. The summed E-state index contributed by atoms with van der Waals surface area (Å²) in [6.45, 7) is 2.47. The van der Waals surface area contributed by atoms with Gasteiger partial charge in [0.1, 0.15) is 5.75 Å². The lowest BCUT2D eigenvalue weighted by Gasteiger charge is -2.21. The number of methoxy groups -OCH3 is 1. The van der Waals surface area contributed by atoms with Crippen molar-refractivity contribution in [1.29, 1.82) is 0 Å². The summed E-state index contributed by atoms with van der Waals surface area (Å²) in [5.41, 5.74) is 1.14. The van der Waals surface area contributed by atoms with Crippen LogP contribution in [0.3, 0.4) is 0 Å². The minimum Gasteiger partial charge on any atom is -0.497 e. The molecular formula is C15H23NO3. The highest BCUT2D eigenvalue weighted by Crippen LogP contribution is 2.13. The molecule has 1 atom stereocenters. The first-order valence-electron chi connectivity index (χ1n) is 6.61. The average molecular weight is 265 g/mol. The number of carbonyl (C=O) groups excluding carboxylic acids is 1. The van der Waals surface area contributed by atoms with E-state index in [1.807, 2.05) is 31.2 Å². The van der Waals surface area contributed by atoms with Gasteiger partial charge in [-0.25, -0.2) is 0 Å². The van der Waals surface area contributed by atoms with Gasteiger partial charge in [-0.15, -0.1) is 0 Å². The Balaban J connectivity index is 2.53. The van der Waals surface area contributed by atoms with E-state index < -0.39 is 0 Å². The van der Waals surface area contributed by atoms with E-state index in [0.717, 1.165) is 17.7 Å². The third-order valence-electron chi connectivity index (χ3n) is 3.31. The summed E-state index contributed by atoms with van der Waals surface area (Å²) in [5, 5.41) is 9.13. The van der Waals surface area contributed by atoms with E-state index in [2.05, 4.69) is 0 Å². The number of aliphatic hydroxyl groups excluding tert-OH is 1. The minimum atomic E-state index is -0.282. The van der Waals surface area contributed by atoms with E-state index in [-0.39, 0.29) is 18.4 Å². The predicted octanol–water partition coefficient (Wildman–Crippen LogP) is 1.71. The summed E-state index contributed by atoms with van der Waals surface area (Å²) in [7, 11) is 3.42. The normalized spacial score (nSPS) is 12.0. The van der Waals surface area contributed by atoms with Crippen LogP contribution in [0.2, 0.25) is 0 Å². The molecule has 0 saturated heterocycles. The minimum absolute atomic E-state index is 0.00731. The maximum Gasteiger partial charge on any atom is 0.227 e. The third-order valence-corrected chi connectivity index (χ3v) is 3.31. The molecule has 4 nitrogen and oxygen atoms in total. The van der Waals surface area contributed by atoms with E-state index in [9.17, 15) is 4.79 Å². The SMILES string of the molecule is CCC(CO)C(=O)N(C)CCc1cccc(OC)c1. The van der Waals surface area contributed by atoms with Gasteiger partial charge in [-0.3, -0.25) is 4.79 Å². The summed E-state index contributed by atoms with van der Waals surface area (Å²) in [5.74, 6) is 0.552. The molecule has 0 aliphatic rings. The van der Waals surface area contributed by atoms with Crippen molar-refractivity contribution in [2.75, 3.05) is 27.3 Å². The molecular weight excluding hydrogens is 242 g/mol. The molecule has 0 bridgehead atoms. The van der Waals surface area contributed by atoms with Gasteiger partial charge in [-0.1, -0.05) is 19.1 Å². The molecule has 1 N–H and O–H groups in total. The van der Waals surface area contributed by atoms with Gasteiger partial charge in [0.05, 0.1) is 19.6 Å². The Morgan fingerprint density at radius 3 is 2.79 bits per heavy atom. The van der Waals surface area contributed by atoms with E-state index in [1.165, 1.54) is 0 Å². The summed E-state index contributed by atoms with van der Waals surface area (Å²) in [4.78, 5) is 13.7. The Bertz CT molecular complexity index is 402. The zero-order chi connectivity index (χ0) is 14.3. The molecule has 0 aromatic heterocycles. The first-order valence-corrected chi connectivity index (χ1v) is 6.61. The van der Waals surface area contributed by atoms with Crippen LogP contribution in [0.15, 0.2) is 24.3 Å². The number of ether oxygens (including phenoxy) is 1. The van der Waals surface area contributed by atoms with Crippen LogP contribution in [0.5, 0.6) is 5.75 Å². The van der Waals surface area contributed by atoms with Gasteiger partial charge in [0.2, 0.25) is 5.91 Å². The summed E-state index contributed by atoms with van der Waals surface area (Å²) in [6.07, 6.45) is 1.44. The largest absolute Gasteiger partial charge is 0.497 e. The Kier molecular flexibility index (Phi) is 6.36. The summed E-state index contributed by atoms with van der Waals surface area (Å²) in [6, 6.07) is 7.83. The van der Waals surface area contributed by atoms with Crippen LogP contribution in [-0.2, 0) is 11.2 Å². The fraction of sp³-hybridized carbons (Fsp3) is 0.533. The monoisotopic (exact) mass is 265 g/mol. The van der Waals surface area contributed by atoms with Crippen LogP contribution in [-0.4, -0.2) is 43.2 Å². The first kappa shape index (κ1) is 15.5. The molecule has 0 heterocycles. The molecule has 0 aliphatic carbocycles. The van der Waals surface area contributed by atoms with Gasteiger partial charge >= 0.3 is 0 Å². The second-order valence-electron chi connectivity index (χ2n) is 4.65. The number of benzene rings is 1. The van der Waals surface area contributed by atoms with Crippen molar-refractivity contribution in [1.82, 2.24) is 4.90 Å². The molecule has 1 rings (SSSR count). The third kappa shape index (κ3) is 4.56. The average Bonchev–Trinajstić information content (AvgIpc) is 2.46. The quantitative estimate of drug-likeness (QED) is 0.816. The molecule has 0 spiro atoms. The van der Waals surface area contributed by atoms with Crippen molar-refractivity contribution >= 4 is 5.91 Å². The summed E-state index contributed by atoms with van der Waals surface area (Å²) < 4.78 is 5.17. The van der Waals surface area contributed by atoms with Gasteiger partial charge < -0.3 is 14.7 Å². The van der Waals surface area contributed by atoms with Crippen molar-refractivity contribution in [3.05, 3.63) is 29.8 Å². The highest BCUT2D eigenvalue weighted by Gasteiger charge is 2.19. The summed E-state index contributed by atoms with van der Waals surface area (Å²) >= 11 is 0. The molecule has 0 fully saturated rings. The van der Waals surface area contributed by atoms with Gasteiger partial charge in [-0.2, -0.15) is 0 Å². The molecule has 106 valence electrons. The molecule has 0 aliphatic heterocycles. The number of likely N-dealkylation sites (N-methyl/N-ethyl adjacent to an activating group) is 1. The van der Waals surface area contributed by atoms with Crippen molar-refractivity contribution in [2.24, 2.45) is 5.92 Å². The number of nitrogens with zero attached hydrogens (tertiary/aromatic N) is 1. The van der Waals surface area contributed by atoms with Gasteiger partial charge in [0.25, 0.3) is 0 Å². The van der Waals surface area contributed by atoms with Crippen LogP contribution in [0.25, 0.3) is 0 Å². The standard InChI is InChI=1S/C15H23NO3/c1-4-13(11-17)15(18)16(2)9-8-12-6-5-7-14(10-12)19-3/h5-7,10,13,17H,4,8-9,11H2,1-3H3. The van der Waals surface area contributed by atoms with Gasteiger partial charge in [0, 0.05) is 13.6 Å². The van der Waals surface area contributed by atoms with E-state index >= 15 is 0 Å². The van der Waals surface area contributed by atoms with Crippen molar-refractivity contribution in [2.45, 2.75) is 19.8 Å². The fourth-order valence-electron chi connectivity index (χ4n) is 1.93. The predicted molar refractivity (Wildman–Crippen MR) is 75.2 cm³/mol. The lowest BCUT2D eigenvalue weighted by atomic mass is 10.1. The van der Waals surface area contributed by atoms with Crippen molar-refractivity contribution in [3.63, 3.8) is 0 Å². The van der Waals surface area contributed by atoms with Crippen LogP contribution in [0.4, 0.5) is 0 Å². The second-order valence-corrected chi connectivity index (χ2v) is 4.65. The van der Waals surface area contributed by atoms with E-state index in [0.29, 0.717) is 13.0 Å². The Labute approximate surface area is 115 Å². The molecule has 0 radical (unpaired) electrons. The molecule has 1 unspecified atom stereocenters. The number of hydrogen-bond acceptors (Lipinski definition) is 3. The maximum atomic E-state index is 12.0. The molecule has 4 heteroatoms. The van der Waals surface area contributed by atoms with Gasteiger partial charge in [-0.05, 0) is 30.5 Å². The number of rotatable bonds is 7. The molecule has 1 aromatic carbocycles. The molecule has 1 aromatic rings. The number of carbonyl (C=O) groups is 1. The zero-order valence-corrected chi connectivity index (χ0v) is 11.9. The molecule has 1 amide bonds. The molecule has 19 heavy (non-hydrogen) atoms.